The van der Waals surface area contributed by atoms with Crippen LogP contribution in [0.25, 0.3) is 10.2 Å². The lowest BCUT2D eigenvalue weighted by Gasteiger charge is -2.51. The van der Waals surface area contributed by atoms with Crippen molar-refractivity contribution in [3.8, 4) is 0 Å². The SMILES string of the molecule is Cc1cc(Nc2nc(N[C@@H]3C[C@H]4CCC[C@@H](C3)N4C(O)CN3CCN(C)CC3)nc3sccc23)n[nH]1. The first-order valence-corrected chi connectivity index (χ1v) is 14.1. The Balaban J connectivity index is 1.14. The molecular formula is C25H37N9OS. The van der Waals surface area contributed by atoms with Crippen LogP contribution >= 0.6 is 11.3 Å². The van der Waals surface area contributed by atoms with Crippen LogP contribution in [0.15, 0.2) is 17.5 Å². The number of H-pyrrole nitrogens is 1. The molecule has 0 spiro atoms. The number of aliphatic hydroxyl groups excluding tert-OH is 1. The standard InChI is InChI=1S/C25H37N9OS/c1-16-12-21(31-30-16)27-23-20-6-11-36-24(20)29-25(28-23)26-17-13-18-4-3-5-19(14-17)34(18)22(35)15-33-9-7-32(2)8-10-33/h6,11-12,17-19,22,35H,3-5,7-10,13-15H2,1-2H3,(H3,26,27,28,29,30,31)/t17-,18-,19+,22?. The van der Waals surface area contributed by atoms with E-state index < -0.39 is 6.23 Å². The van der Waals surface area contributed by atoms with Gasteiger partial charge in [0.2, 0.25) is 5.95 Å². The van der Waals surface area contributed by atoms with Gasteiger partial charge in [-0.2, -0.15) is 10.1 Å². The summed E-state index contributed by atoms with van der Waals surface area (Å²) in [6.07, 6.45) is 5.15. The van der Waals surface area contributed by atoms with Crippen molar-refractivity contribution in [1.29, 1.82) is 0 Å². The molecular weight excluding hydrogens is 474 g/mol. The molecule has 10 nitrogen and oxygen atoms in total. The van der Waals surface area contributed by atoms with E-state index in [-0.39, 0.29) is 0 Å². The minimum absolute atomic E-state index is 0.297. The summed E-state index contributed by atoms with van der Waals surface area (Å²) in [5.41, 5.74) is 1.000. The molecule has 194 valence electrons. The second-order valence-electron chi connectivity index (χ2n) is 10.7. The number of hydrogen-bond acceptors (Lipinski definition) is 10. The van der Waals surface area contributed by atoms with Gasteiger partial charge in [-0.1, -0.05) is 6.42 Å². The summed E-state index contributed by atoms with van der Waals surface area (Å²) in [7, 11) is 2.17. The van der Waals surface area contributed by atoms with Gasteiger partial charge in [0.05, 0.1) is 5.39 Å². The van der Waals surface area contributed by atoms with E-state index in [1.54, 1.807) is 11.3 Å². The van der Waals surface area contributed by atoms with Crippen molar-refractivity contribution in [2.75, 3.05) is 50.4 Å². The number of aromatic nitrogens is 4. The third kappa shape index (κ3) is 5.08. The number of aromatic amines is 1. The topological polar surface area (TPSA) is 108 Å². The van der Waals surface area contributed by atoms with Crippen molar-refractivity contribution in [2.45, 2.75) is 63.4 Å². The van der Waals surface area contributed by atoms with Crippen molar-refractivity contribution < 1.29 is 5.11 Å². The number of anilines is 3. The molecule has 2 bridgehead atoms. The van der Waals surface area contributed by atoms with Crippen molar-refractivity contribution in [3.63, 3.8) is 0 Å². The van der Waals surface area contributed by atoms with Gasteiger partial charge in [-0.05, 0) is 51.1 Å². The number of piperidine rings is 2. The molecule has 6 heterocycles. The lowest BCUT2D eigenvalue weighted by atomic mass is 9.81. The van der Waals surface area contributed by atoms with E-state index in [0.717, 1.165) is 86.0 Å². The third-order valence-electron chi connectivity index (χ3n) is 8.00. The van der Waals surface area contributed by atoms with Crippen LogP contribution in [-0.2, 0) is 0 Å². The number of thiophene rings is 1. The first-order chi connectivity index (χ1) is 17.5. The lowest BCUT2D eigenvalue weighted by molar-refractivity contribution is -0.108. The predicted molar refractivity (Wildman–Crippen MR) is 144 cm³/mol. The molecule has 1 unspecified atom stereocenters. The van der Waals surface area contributed by atoms with Crippen LogP contribution in [-0.4, -0.2) is 104 Å². The van der Waals surface area contributed by atoms with Crippen LogP contribution in [0.2, 0.25) is 0 Å². The van der Waals surface area contributed by atoms with E-state index in [2.05, 4.69) is 54.0 Å². The zero-order valence-corrected chi connectivity index (χ0v) is 22.0. The van der Waals surface area contributed by atoms with Gasteiger partial charge in [0.25, 0.3) is 0 Å². The molecule has 3 fully saturated rings. The minimum Gasteiger partial charge on any atom is -0.377 e. The molecule has 3 saturated heterocycles. The Morgan fingerprint density at radius 3 is 2.67 bits per heavy atom. The van der Waals surface area contributed by atoms with E-state index in [0.29, 0.717) is 24.1 Å². The van der Waals surface area contributed by atoms with E-state index in [1.807, 2.05) is 13.0 Å². The van der Waals surface area contributed by atoms with Gasteiger partial charge >= 0.3 is 0 Å². The fourth-order valence-electron chi connectivity index (χ4n) is 6.18. The van der Waals surface area contributed by atoms with Crippen molar-refractivity contribution >= 4 is 39.1 Å². The van der Waals surface area contributed by atoms with Gasteiger partial charge in [0, 0.05) is 62.6 Å². The summed E-state index contributed by atoms with van der Waals surface area (Å²) < 4.78 is 0. The van der Waals surface area contributed by atoms with Crippen molar-refractivity contribution in [1.82, 2.24) is 34.9 Å². The molecule has 0 amide bonds. The molecule has 11 heteroatoms. The first-order valence-electron chi connectivity index (χ1n) is 13.2. The number of fused-ring (bicyclic) bond motifs is 3. The average molecular weight is 512 g/mol. The fraction of sp³-hybridized carbons (Fsp3) is 0.640. The quantitative estimate of drug-likeness (QED) is 0.381. The monoisotopic (exact) mass is 511 g/mol. The fourth-order valence-corrected chi connectivity index (χ4v) is 6.94. The van der Waals surface area contributed by atoms with E-state index in [4.69, 9.17) is 9.97 Å². The van der Waals surface area contributed by atoms with E-state index >= 15 is 0 Å². The summed E-state index contributed by atoms with van der Waals surface area (Å²) in [6, 6.07) is 5.11. The maximum atomic E-state index is 11.3. The number of piperazine rings is 1. The highest BCUT2D eigenvalue weighted by Gasteiger charge is 2.42. The van der Waals surface area contributed by atoms with E-state index in [1.165, 1.54) is 6.42 Å². The number of aliphatic hydroxyl groups is 1. The van der Waals surface area contributed by atoms with Gasteiger partial charge in [0.1, 0.15) is 16.9 Å². The summed E-state index contributed by atoms with van der Waals surface area (Å²) in [6.45, 7) is 6.97. The largest absolute Gasteiger partial charge is 0.377 e. The highest BCUT2D eigenvalue weighted by molar-refractivity contribution is 7.16. The molecule has 3 aromatic rings. The number of nitrogens with one attached hydrogen (secondary N) is 3. The Hall–Kier alpha value is -2.31. The number of β-amino-alcohol motifs (C(OH)–C–C–N with tert-alkyl or cyclic N) is 1. The third-order valence-corrected chi connectivity index (χ3v) is 8.81. The van der Waals surface area contributed by atoms with Crippen LogP contribution < -0.4 is 10.6 Å². The van der Waals surface area contributed by atoms with Crippen LogP contribution in [0.5, 0.6) is 0 Å². The number of rotatable bonds is 7. The average Bonchev–Trinajstić information content (AvgIpc) is 3.49. The van der Waals surface area contributed by atoms with Crippen molar-refractivity contribution in [2.24, 2.45) is 0 Å². The normalized spacial score (nSPS) is 26.8. The maximum absolute atomic E-state index is 11.3. The predicted octanol–water partition coefficient (Wildman–Crippen LogP) is 2.83. The Morgan fingerprint density at radius 2 is 1.94 bits per heavy atom. The molecule has 3 aromatic heterocycles. The Bertz CT molecular complexity index is 1160. The second-order valence-corrected chi connectivity index (χ2v) is 11.6. The second kappa shape index (κ2) is 10.2. The van der Waals surface area contributed by atoms with Crippen LogP contribution in [0.1, 0.15) is 37.8 Å². The Morgan fingerprint density at radius 1 is 1.17 bits per heavy atom. The summed E-state index contributed by atoms with van der Waals surface area (Å²) >= 11 is 1.62. The Kier molecular flexibility index (Phi) is 6.82. The number of likely N-dealkylation sites (N-methyl/N-ethyl adjacent to an activating group) is 1. The number of hydrogen-bond donors (Lipinski definition) is 4. The first kappa shape index (κ1) is 24.1. The van der Waals surface area contributed by atoms with Gasteiger partial charge < -0.3 is 20.6 Å². The molecule has 36 heavy (non-hydrogen) atoms. The summed E-state index contributed by atoms with van der Waals surface area (Å²) in [5, 5.41) is 28.6. The number of nitrogens with zero attached hydrogens (tertiary/aromatic N) is 6. The van der Waals surface area contributed by atoms with Gasteiger partial charge in [0.15, 0.2) is 5.82 Å². The summed E-state index contributed by atoms with van der Waals surface area (Å²) in [5.74, 6) is 2.19. The van der Waals surface area contributed by atoms with Gasteiger partial charge in [-0.3, -0.25) is 14.9 Å². The van der Waals surface area contributed by atoms with Gasteiger partial charge in [-0.25, -0.2) is 4.98 Å². The molecule has 4 atom stereocenters. The lowest BCUT2D eigenvalue weighted by Crippen LogP contribution is -2.61. The smallest absolute Gasteiger partial charge is 0.226 e. The zero-order valence-electron chi connectivity index (χ0n) is 21.2. The highest BCUT2D eigenvalue weighted by Crippen LogP contribution is 2.37. The molecule has 4 N–H and O–H groups in total. The highest BCUT2D eigenvalue weighted by atomic mass is 32.1. The number of aryl methyl sites for hydroxylation is 1. The summed E-state index contributed by atoms with van der Waals surface area (Å²) in [4.78, 5) is 17.8. The minimum atomic E-state index is -0.392. The Labute approximate surface area is 216 Å². The van der Waals surface area contributed by atoms with Crippen LogP contribution in [0.3, 0.4) is 0 Å². The molecule has 6 rings (SSSR count). The molecule has 3 aliphatic heterocycles. The van der Waals surface area contributed by atoms with Crippen LogP contribution in [0, 0.1) is 6.92 Å². The molecule has 0 aromatic carbocycles. The van der Waals surface area contributed by atoms with Crippen molar-refractivity contribution in [3.05, 3.63) is 23.2 Å². The zero-order chi connectivity index (χ0) is 24.6. The molecule has 0 aliphatic carbocycles. The molecule has 3 aliphatic rings. The molecule has 0 radical (unpaired) electrons. The molecule has 0 saturated carbocycles. The van der Waals surface area contributed by atoms with Gasteiger partial charge in [-0.15, -0.1) is 11.3 Å². The maximum Gasteiger partial charge on any atom is 0.226 e. The van der Waals surface area contributed by atoms with Crippen LogP contribution in [0.4, 0.5) is 17.6 Å². The van der Waals surface area contributed by atoms with E-state index in [9.17, 15) is 5.11 Å².